The van der Waals surface area contributed by atoms with Gasteiger partial charge in [-0.25, -0.2) is 0 Å². The van der Waals surface area contributed by atoms with E-state index in [2.05, 4.69) is 50.3 Å². The van der Waals surface area contributed by atoms with Crippen LogP contribution < -0.4 is 9.80 Å². The maximum atomic E-state index is 4.21. The predicted molar refractivity (Wildman–Crippen MR) is 75.5 cm³/mol. The summed E-state index contributed by atoms with van der Waals surface area (Å²) >= 11 is 1.68. The van der Waals surface area contributed by atoms with E-state index in [-0.39, 0.29) is 0 Å². The van der Waals surface area contributed by atoms with Crippen LogP contribution in [0, 0.1) is 6.92 Å². The summed E-state index contributed by atoms with van der Waals surface area (Å²) < 4.78 is 0. The molecule has 94 valence electrons. The van der Waals surface area contributed by atoms with Crippen molar-refractivity contribution in [3.63, 3.8) is 0 Å². The molecule has 2 aromatic rings. The minimum absolute atomic E-state index is 1.02. The van der Waals surface area contributed by atoms with Crippen LogP contribution in [0.1, 0.15) is 5.01 Å². The highest BCUT2D eigenvalue weighted by Crippen LogP contribution is 2.22. The molecule has 1 saturated heterocycles. The summed E-state index contributed by atoms with van der Waals surface area (Å²) in [6.07, 6.45) is 0. The van der Waals surface area contributed by atoms with E-state index < -0.39 is 0 Å². The predicted octanol–water partition coefficient (Wildman–Crippen LogP) is 2.17. The van der Waals surface area contributed by atoms with E-state index in [0.29, 0.717) is 0 Å². The average Bonchev–Trinajstić information content (AvgIpc) is 2.87. The maximum absolute atomic E-state index is 4.21. The maximum Gasteiger partial charge on any atom is 0.208 e. The summed E-state index contributed by atoms with van der Waals surface area (Å²) in [5.74, 6) is 0. The Morgan fingerprint density at radius 3 is 2.22 bits per heavy atom. The Bertz CT molecular complexity index is 503. The molecule has 4 nitrogen and oxygen atoms in total. The monoisotopic (exact) mass is 260 g/mol. The van der Waals surface area contributed by atoms with Crippen molar-refractivity contribution in [2.24, 2.45) is 0 Å². The molecule has 0 atom stereocenters. The van der Waals surface area contributed by atoms with Gasteiger partial charge >= 0.3 is 0 Å². The fourth-order valence-electron chi connectivity index (χ4n) is 2.21. The molecule has 0 saturated carbocycles. The van der Waals surface area contributed by atoms with Crippen LogP contribution in [0.2, 0.25) is 0 Å². The first-order chi connectivity index (χ1) is 8.83. The van der Waals surface area contributed by atoms with E-state index in [9.17, 15) is 0 Å². The molecule has 0 aliphatic carbocycles. The fraction of sp³-hybridized carbons (Fsp3) is 0.385. The molecule has 0 N–H and O–H groups in total. The first-order valence-corrected chi connectivity index (χ1v) is 6.99. The van der Waals surface area contributed by atoms with Crippen LogP contribution in [0.3, 0.4) is 0 Å². The largest absolute Gasteiger partial charge is 0.368 e. The molecule has 5 heteroatoms. The van der Waals surface area contributed by atoms with E-state index in [0.717, 1.165) is 36.3 Å². The van der Waals surface area contributed by atoms with Gasteiger partial charge in [-0.05, 0) is 19.1 Å². The van der Waals surface area contributed by atoms with Crippen LogP contribution in [-0.4, -0.2) is 36.4 Å². The number of para-hydroxylation sites is 1. The van der Waals surface area contributed by atoms with E-state index >= 15 is 0 Å². The molecule has 0 spiro atoms. The number of nitrogens with zero attached hydrogens (tertiary/aromatic N) is 4. The number of piperazine rings is 1. The average molecular weight is 260 g/mol. The first kappa shape index (κ1) is 11.5. The van der Waals surface area contributed by atoms with Crippen LogP contribution in [0.25, 0.3) is 0 Å². The number of rotatable bonds is 2. The van der Waals surface area contributed by atoms with Crippen molar-refractivity contribution in [3.05, 3.63) is 35.3 Å². The van der Waals surface area contributed by atoms with Gasteiger partial charge in [0.1, 0.15) is 5.01 Å². The van der Waals surface area contributed by atoms with Crippen LogP contribution in [0.5, 0.6) is 0 Å². The lowest BCUT2D eigenvalue weighted by molar-refractivity contribution is 0.649. The molecule has 1 aromatic heterocycles. The Labute approximate surface area is 111 Å². The second-order valence-corrected chi connectivity index (χ2v) is 5.57. The molecule has 1 aliphatic heterocycles. The molecule has 1 aliphatic rings. The van der Waals surface area contributed by atoms with Gasteiger partial charge in [-0.15, -0.1) is 10.2 Å². The van der Waals surface area contributed by atoms with E-state index in [1.54, 1.807) is 11.3 Å². The number of anilines is 2. The zero-order valence-electron chi connectivity index (χ0n) is 10.4. The quantitative estimate of drug-likeness (QED) is 0.828. The van der Waals surface area contributed by atoms with Crippen LogP contribution in [0.15, 0.2) is 30.3 Å². The van der Waals surface area contributed by atoms with Gasteiger partial charge in [0.15, 0.2) is 0 Å². The van der Waals surface area contributed by atoms with Gasteiger partial charge < -0.3 is 9.80 Å². The van der Waals surface area contributed by atoms with Gasteiger partial charge in [-0.1, -0.05) is 29.5 Å². The van der Waals surface area contributed by atoms with Gasteiger partial charge in [0.05, 0.1) is 0 Å². The summed E-state index contributed by atoms with van der Waals surface area (Å²) in [6.45, 7) is 6.12. The molecule has 1 aromatic carbocycles. The van der Waals surface area contributed by atoms with Crippen molar-refractivity contribution in [3.8, 4) is 0 Å². The van der Waals surface area contributed by atoms with Crippen molar-refractivity contribution in [1.82, 2.24) is 10.2 Å². The number of aromatic nitrogens is 2. The van der Waals surface area contributed by atoms with Crippen molar-refractivity contribution in [1.29, 1.82) is 0 Å². The summed E-state index contributed by atoms with van der Waals surface area (Å²) in [4.78, 5) is 4.74. The molecule has 0 bridgehead atoms. The zero-order valence-corrected chi connectivity index (χ0v) is 11.2. The second-order valence-electron chi connectivity index (χ2n) is 4.41. The number of hydrogen-bond acceptors (Lipinski definition) is 5. The summed E-state index contributed by atoms with van der Waals surface area (Å²) in [6, 6.07) is 10.6. The van der Waals surface area contributed by atoms with E-state index in [1.807, 2.05) is 6.92 Å². The van der Waals surface area contributed by atoms with Crippen LogP contribution in [0.4, 0.5) is 10.8 Å². The lowest BCUT2D eigenvalue weighted by Gasteiger charge is -2.35. The lowest BCUT2D eigenvalue weighted by atomic mass is 10.2. The highest BCUT2D eigenvalue weighted by Gasteiger charge is 2.19. The minimum Gasteiger partial charge on any atom is -0.368 e. The van der Waals surface area contributed by atoms with E-state index in [1.165, 1.54) is 5.69 Å². The minimum atomic E-state index is 1.02. The topological polar surface area (TPSA) is 32.3 Å². The fourth-order valence-corrected chi connectivity index (χ4v) is 2.95. The summed E-state index contributed by atoms with van der Waals surface area (Å²) in [5, 5.41) is 10.4. The second kappa shape index (κ2) is 4.94. The van der Waals surface area contributed by atoms with Gasteiger partial charge in [-0.2, -0.15) is 0 Å². The molecule has 3 rings (SSSR count). The molecule has 0 unspecified atom stereocenters. The van der Waals surface area contributed by atoms with Crippen molar-refractivity contribution >= 4 is 22.2 Å². The van der Waals surface area contributed by atoms with Crippen LogP contribution >= 0.6 is 11.3 Å². The van der Waals surface area contributed by atoms with Crippen molar-refractivity contribution in [2.45, 2.75) is 6.92 Å². The Balaban J connectivity index is 1.65. The smallest absolute Gasteiger partial charge is 0.208 e. The lowest BCUT2D eigenvalue weighted by Crippen LogP contribution is -2.46. The third-order valence-corrected chi connectivity index (χ3v) is 4.09. The number of hydrogen-bond donors (Lipinski definition) is 0. The van der Waals surface area contributed by atoms with Crippen molar-refractivity contribution in [2.75, 3.05) is 36.0 Å². The first-order valence-electron chi connectivity index (χ1n) is 6.18. The SMILES string of the molecule is Cc1nnc(N2CCN(c3ccccc3)CC2)s1. The van der Waals surface area contributed by atoms with Gasteiger partial charge in [-0.3, -0.25) is 0 Å². The third kappa shape index (κ3) is 2.31. The highest BCUT2D eigenvalue weighted by molar-refractivity contribution is 7.15. The van der Waals surface area contributed by atoms with Crippen LogP contribution in [-0.2, 0) is 0 Å². The molecular formula is C13H16N4S. The molecule has 1 fully saturated rings. The highest BCUT2D eigenvalue weighted by atomic mass is 32.1. The van der Waals surface area contributed by atoms with E-state index in [4.69, 9.17) is 0 Å². The number of benzene rings is 1. The van der Waals surface area contributed by atoms with Gasteiger partial charge in [0.2, 0.25) is 5.13 Å². The molecule has 2 heterocycles. The Kier molecular flexibility index (Phi) is 3.15. The van der Waals surface area contributed by atoms with Gasteiger partial charge in [0, 0.05) is 31.9 Å². The summed E-state index contributed by atoms with van der Waals surface area (Å²) in [5.41, 5.74) is 1.31. The third-order valence-electron chi connectivity index (χ3n) is 3.19. The normalized spacial score (nSPS) is 16.1. The summed E-state index contributed by atoms with van der Waals surface area (Å²) in [7, 11) is 0. The Hall–Kier alpha value is -1.62. The Morgan fingerprint density at radius 2 is 1.61 bits per heavy atom. The standard InChI is InChI=1S/C13H16N4S/c1-11-14-15-13(18-11)17-9-7-16(8-10-17)12-5-3-2-4-6-12/h2-6H,7-10H2,1H3. The molecular weight excluding hydrogens is 244 g/mol. The molecule has 18 heavy (non-hydrogen) atoms. The van der Waals surface area contributed by atoms with Gasteiger partial charge in [0.25, 0.3) is 0 Å². The molecule has 0 amide bonds. The molecule has 0 radical (unpaired) electrons. The van der Waals surface area contributed by atoms with Crippen molar-refractivity contribution < 1.29 is 0 Å². The zero-order chi connectivity index (χ0) is 12.4. The Morgan fingerprint density at radius 1 is 0.944 bits per heavy atom. The number of aryl methyl sites for hydroxylation is 1.